The second-order valence-corrected chi connectivity index (χ2v) is 0.871. The molecule has 0 bridgehead atoms. The van der Waals surface area contributed by atoms with Gasteiger partial charge in [0.1, 0.15) is 0 Å². The van der Waals surface area contributed by atoms with Crippen LogP contribution in [0.25, 0.3) is 0 Å². The fourth-order valence-corrected chi connectivity index (χ4v) is 0.0680. The highest BCUT2D eigenvalue weighted by Gasteiger charge is 1.67. The standard InChI is InChI=1S/C4H8N2/c1-2-4(6)3-5/h2-3H,1,5-6H2. The molecule has 0 heterocycles. The van der Waals surface area contributed by atoms with E-state index in [0.29, 0.717) is 5.70 Å². The maximum Gasteiger partial charge on any atom is 0.0465 e. The van der Waals surface area contributed by atoms with Crippen molar-refractivity contribution in [2.24, 2.45) is 11.5 Å². The molecule has 0 radical (unpaired) electrons. The molecule has 0 aliphatic heterocycles. The van der Waals surface area contributed by atoms with Crippen molar-refractivity contribution in [1.29, 1.82) is 0 Å². The normalized spacial score (nSPS) is 11.0. The smallest absolute Gasteiger partial charge is 0.0465 e. The predicted molar refractivity (Wildman–Crippen MR) is 26.7 cm³/mol. The van der Waals surface area contributed by atoms with E-state index in [2.05, 4.69) is 6.58 Å². The van der Waals surface area contributed by atoms with Crippen molar-refractivity contribution in [3.63, 3.8) is 0 Å². The Labute approximate surface area is 37.1 Å². The molecule has 0 fully saturated rings. The first kappa shape index (κ1) is 5.08. The molecule has 6 heavy (non-hydrogen) atoms. The summed E-state index contributed by atoms with van der Waals surface area (Å²) in [5, 5.41) is 0. The first-order valence-electron chi connectivity index (χ1n) is 1.61. The number of nitrogens with two attached hydrogens (primary N) is 2. The van der Waals surface area contributed by atoms with Gasteiger partial charge in [-0.2, -0.15) is 0 Å². The van der Waals surface area contributed by atoms with Crippen LogP contribution >= 0.6 is 0 Å². The van der Waals surface area contributed by atoms with Crippen LogP contribution < -0.4 is 11.5 Å². The molecular weight excluding hydrogens is 76.1 g/mol. The molecule has 0 saturated heterocycles. The minimum Gasteiger partial charge on any atom is -0.403 e. The molecule has 4 N–H and O–H groups in total. The predicted octanol–water partition coefficient (Wildman–Crippen LogP) is -0.0688. The zero-order valence-corrected chi connectivity index (χ0v) is 3.52. The summed E-state index contributed by atoms with van der Waals surface area (Å²) in [7, 11) is 0. The van der Waals surface area contributed by atoms with Gasteiger partial charge in [0.2, 0.25) is 0 Å². The topological polar surface area (TPSA) is 52.0 Å². The summed E-state index contributed by atoms with van der Waals surface area (Å²) in [6.07, 6.45) is 2.78. The minimum absolute atomic E-state index is 0.509. The van der Waals surface area contributed by atoms with Gasteiger partial charge in [0.25, 0.3) is 0 Å². The Bertz CT molecular complexity index is 73.6. The highest BCUT2D eigenvalue weighted by molar-refractivity contribution is 5.08. The summed E-state index contributed by atoms with van der Waals surface area (Å²) >= 11 is 0. The fraction of sp³-hybridized carbons (Fsp3) is 0. The second-order valence-electron chi connectivity index (χ2n) is 0.871. The van der Waals surface area contributed by atoms with Crippen molar-refractivity contribution in [2.45, 2.75) is 0 Å². The Hall–Kier alpha value is -0.920. The zero-order chi connectivity index (χ0) is 4.99. The number of hydrogen-bond acceptors (Lipinski definition) is 2. The molecule has 34 valence electrons. The van der Waals surface area contributed by atoms with E-state index < -0.39 is 0 Å². The SMILES string of the molecule is C=CC(N)=CN. The zero-order valence-electron chi connectivity index (χ0n) is 3.52. The van der Waals surface area contributed by atoms with Crippen LogP contribution in [-0.2, 0) is 0 Å². The maximum absolute atomic E-state index is 5.09. The number of rotatable bonds is 1. The third kappa shape index (κ3) is 1.40. The van der Waals surface area contributed by atoms with Gasteiger partial charge in [-0.25, -0.2) is 0 Å². The Morgan fingerprint density at radius 3 is 2.17 bits per heavy atom. The van der Waals surface area contributed by atoms with E-state index in [1.165, 1.54) is 12.3 Å². The first-order valence-corrected chi connectivity index (χ1v) is 1.61. The van der Waals surface area contributed by atoms with Gasteiger partial charge in [0.15, 0.2) is 0 Å². The number of allylic oxidation sites excluding steroid dienone is 1. The fourth-order valence-electron chi connectivity index (χ4n) is 0.0680. The largest absolute Gasteiger partial charge is 0.403 e. The van der Waals surface area contributed by atoms with E-state index >= 15 is 0 Å². The lowest BCUT2D eigenvalue weighted by Crippen LogP contribution is -1.95. The highest BCUT2D eigenvalue weighted by Crippen LogP contribution is 1.73. The van der Waals surface area contributed by atoms with Crippen LogP contribution in [-0.4, -0.2) is 0 Å². The van der Waals surface area contributed by atoms with Crippen LogP contribution in [0.3, 0.4) is 0 Å². The molecule has 0 unspecified atom stereocenters. The summed E-state index contributed by atoms with van der Waals surface area (Å²) in [4.78, 5) is 0. The van der Waals surface area contributed by atoms with Crippen molar-refractivity contribution in [2.75, 3.05) is 0 Å². The van der Waals surface area contributed by atoms with Crippen molar-refractivity contribution in [1.82, 2.24) is 0 Å². The van der Waals surface area contributed by atoms with E-state index in [1.54, 1.807) is 0 Å². The molecule has 0 atom stereocenters. The van der Waals surface area contributed by atoms with E-state index in [0.717, 1.165) is 0 Å². The van der Waals surface area contributed by atoms with Crippen LogP contribution in [0, 0.1) is 0 Å². The first-order chi connectivity index (χ1) is 2.81. The van der Waals surface area contributed by atoms with E-state index in [-0.39, 0.29) is 0 Å². The average molecular weight is 84.1 g/mol. The monoisotopic (exact) mass is 84.1 g/mol. The summed E-state index contributed by atoms with van der Waals surface area (Å²) in [6.45, 7) is 3.36. The van der Waals surface area contributed by atoms with Gasteiger partial charge in [0, 0.05) is 11.9 Å². The number of hydrogen-bond donors (Lipinski definition) is 2. The molecule has 0 aliphatic carbocycles. The third-order valence-electron chi connectivity index (χ3n) is 0.428. The Balaban J connectivity index is 3.50. The van der Waals surface area contributed by atoms with Crippen LogP contribution in [0.4, 0.5) is 0 Å². The maximum atomic E-state index is 5.09. The van der Waals surface area contributed by atoms with Gasteiger partial charge in [0.05, 0.1) is 0 Å². The molecule has 0 rings (SSSR count). The van der Waals surface area contributed by atoms with E-state index in [1.807, 2.05) is 0 Å². The quantitative estimate of drug-likeness (QED) is 0.437. The van der Waals surface area contributed by atoms with Gasteiger partial charge in [-0.05, 0) is 6.08 Å². The van der Waals surface area contributed by atoms with Gasteiger partial charge < -0.3 is 11.5 Å². The molecule has 0 spiro atoms. The lowest BCUT2D eigenvalue weighted by Gasteiger charge is -1.80. The van der Waals surface area contributed by atoms with Gasteiger partial charge in [-0.1, -0.05) is 6.58 Å². The molecule has 2 nitrogen and oxygen atoms in total. The van der Waals surface area contributed by atoms with Crippen LogP contribution in [0.1, 0.15) is 0 Å². The van der Waals surface area contributed by atoms with Gasteiger partial charge in [-0.3, -0.25) is 0 Å². The lowest BCUT2D eigenvalue weighted by atomic mass is 10.5. The Morgan fingerprint density at radius 2 is 2.17 bits per heavy atom. The van der Waals surface area contributed by atoms with Crippen molar-refractivity contribution >= 4 is 0 Å². The van der Waals surface area contributed by atoms with Gasteiger partial charge >= 0.3 is 0 Å². The Kier molecular flexibility index (Phi) is 1.97. The summed E-state index contributed by atoms with van der Waals surface area (Å²) in [5.41, 5.74) is 10.5. The van der Waals surface area contributed by atoms with E-state index in [4.69, 9.17) is 11.5 Å². The summed E-state index contributed by atoms with van der Waals surface area (Å²) in [6, 6.07) is 0. The molecular formula is C4H8N2. The highest BCUT2D eigenvalue weighted by atomic mass is 14.6. The van der Waals surface area contributed by atoms with Gasteiger partial charge in [-0.15, -0.1) is 0 Å². The molecule has 0 aromatic rings. The third-order valence-corrected chi connectivity index (χ3v) is 0.428. The van der Waals surface area contributed by atoms with Crippen molar-refractivity contribution in [3.8, 4) is 0 Å². The summed E-state index contributed by atoms with van der Waals surface area (Å²) < 4.78 is 0. The molecule has 0 saturated carbocycles. The molecule has 0 aliphatic rings. The molecule has 2 heteroatoms. The lowest BCUT2D eigenvalue weighted by molar-refractivity contribution is 1.37. The molecule has 0 amide bonds. The van der Waals surface area contributed by atoms with Crippen LogP contribution in [0.15, 0.2) is 24.6 Å². The molecule has 0 aromatic heterocycles. The van der Waals surface area contributed by atoms with Crippen LogP contribution in [0.2, 0.25) is 0 Å². The van der Waals surface area contributed by atoms with Crippen LogP contribution in [0.5, 0.6) is 0 Å². The minimum atomic E-state index is 0.509. The molecule has 0 aromatic carbocycles. The Morgan fingerprint density at radius 1 is 1.67 bits per heavy atom. The average Bonchev–Trinajstić information content (AvgIpc) is 1.65. The summed E-state index contributed by atoms with van der Waals surface area (Å²) in [5.74, 6) is 0. The van der Waals surface area contributed by atoms with Crippen molar-refractivity contribution < 1.29 is 0 Å². The van der Waals surface area contributed by atoms with Crippen molar-refractivity contribution in [3.05, 3.63) is 24.6 Å². The van der Waals surface area contributed by atoms with E-state index in [9.17, 15) is 0 Å². The second kappa shape index (κ2) is 2.33.